The third-order valence-electron chi connectivity index (χ3n) is 4.53. The summed E-state index contributed by atoms with van der Waals surface area (Å²) in [6, 6.07) is 7.34. The number of hydrogen-bond acceptors (Lipinski definition) is 4. The molecule has 1 aliphatic heterocycles. The highest BCUT2D eigenvalue weighted by atomic mass is 16.2. The molecule has 2 aromatic rings. The number of amides is 1. The number of hydrogen-bond donors (Lipinski definition) is 1. The fourth-order valence-corrected chi connectivity index (χ4v) is 3.16. The summed E-state index contributed by atoms with van der Waals surface area (Å²) in [5.74, 6) is 0.208. The number of nitrogens with two attached hydrogens (primary N) is 1. The van der Waals surface area contributed by atoms with E-state index in [0.717, 1.165) is 17.7 Å². The third-order valence-corrected chi connectivity index (χ3v) is 4.53. The van der Waals surface area contributed by atoms with Gasteiger partial charge in [-0.25, -0.2) is 4.68 Å². The predicted octanol–water partition coefficient (Wildman–Crippen LogP) is 2.35. The van der Waals surface area contributed by atoms with Gasteiger partial charge in [-0.05, 0) is 31.9 Å². The van der Waals surface area contributed by atoms with Gasteiger partial charge in [0.1, 0.15) is 5.82 Å². The molecule has 1 aromatic heterocycles. The molecular weight excluding hydrogens is 304 g/mol. The summed E-state index contributed by atoms with van der Waals surface area (Å²) in [7, 11) is 0. The van der Waals surface area contributed by atoms with Crippen LogP contribution >= 0.6 is 0 Å². The van der Waals surface area contributed by atoms with E-state index in [1.165, 1.54) is 6.20 Å². The lowest BCUT2D eigenvalue weighted by atomic mass is 10.0. The Morgan fingerprint density at radius 3 is 2.67 bits per heavy atom. The number of aromatic nitrogens is 2. The van der Waals surface area contributed by atoms with Gasteiger partial charge in [0.05, 0.1) is 23.5 Å². The van der Waals surface area contributed by atoms with Crippen LogP contribution in [0.5, 0.6) is 0 Å². The van der Waals surface area contributed by atoms with Gasteiger partial charge >= 0.3 is 0 Å². The zero-order valence-corrected chi connectivity index (χ0v) is 14.0. The van der Waals surface area contributed by atoms with Gasteiger partial charge in [-0.3, -0.25) is 9.59 Å². The molecule has 3 rings (SSSR count). The van der Waals surface area contributed by atoms with Crippen LogP contribution in [0.1, 0.15) is 42.1 Å². The molecule has 1 aromatic carbocycles. The molecule has 0 unspecified atom stereocenters. The average molecular weight is 326 g/mol. The maximum absolute atomic E-state index is 12.9. The standard InChI is InChI=1S/C18H22N4O2/c1-3-16(23)21-10-4-5-15(21)17(24)14-11-20-22(18(14)19)13-8-6-12(2)7-9-13/h6-9,11,15H,3-5,10,19H2,1-2H3/t15-/m0/s1. The first-order chi connectivity index (χ1) is 11.5. The Hall–Kier alpha value is -2.63. The number of likely N-dealkylation sites (tertiary alicyclic amines) is 1. The van der Waals surface area contributed by atoms with Crippen molar-refractivity contribution >= 4 is 17.5 Å². The third kappa shape index (κ3) is 2.79. The minimum Gasteiger partial charge on any atom is -0.383 e. The quantitative estimate of drug-likeness (QED) is 0.875. The van der Waals surface area contributed by atoms with Gasteiger partial charge in [-0.1, -0.05) is 24.6 Å². The van der Waals surface area contributed by atoms with Crippen LogP contribution in [0.4, 0.5) is 5.82 Å². The molecule has 0 bridgehead atoms. The van der Waals surface area contributed by atoms with Gasteiger partial charge in [0.2, 0.25) is 5.91 Å². The zero-order chi connectivity index (χ0) is 17.3. The van der Waals surface area contributed by atoms with Crippen molar-refractivity contribution in [2.45, 2.75) is 39.2 Å². The molecule has 0 saturated carbocycles. The van der Waals surface area contributed by atoms with Crippen LogP contribution in [-0.4, -0.2) is 39.0 Å². The summed E-state index contributed by atoms with van der Waals surface area (Å²) in [5, 5.41) is 4.27. The largest absolute Gasteiger partial charge is 0.383 e. The monoisotopic (exact) mass is 326 g/mol. The minimum atomic E-state index is -0.421. The summed E-state index contributed by atoms with van der Waals surface area (Å²) < 4.78 is 1.56. The maximum atomic E-state index is 12.9. The van der Waals surface area contributed by atoms with Crippen molar-refractivity contribution in [3.63, 3.8) is 0 Å². The molecule has 1 atom stereocenters. The number of nitrogen functional groups attached to an aromatic ring is 1. The molecule has 126 valence electrons. The molecular formula is C18H22N4O2. The highest BCUT2D eigenvalue weighted by molar-refractivity contribution is 6.05. The normalized spacial score (nSPS) is 17.2. The van der Waals surface area contributed by atoms with Gasteiger partial charge in [-0.15, -0.1) is 0 Å². The Morgan fingerprint density at radius 1 is 1.29 bits per heavy atom. The summed E-state index contributed by atoms with van der Waals surface area (Å²) in [4.78, 5) is 26.6. The SMILES string of the molecule is CCC(=O)N1CCC[C@H]1C(=O)c1cnn(-c2ccc(C)cc2)c1N. The summed E-state index contributed by atoms with van der Waals surface area (Å²) in [5.41, 5.74) is 8.51. The lowest BCUT2D eigenvalue weighted by Crippen LogP contribution is -2.40. The van der Waals surface area contributed by atoms with Gasteiger partial charge in [0, 0.05) is 13.0 Å². The number of carbonyl (C=O) groups excluding carboxylic acids is 2. The first kappa shape index (κ1) is 16.2. The lowest BCUT2D eigenvalue weighted by Gasteiger charge is -2.23. The fourth-order valence-electron chi connectivity index (χ4n) is 3.16. The molecule has 1 fully saturated rings. The van der Waals surface area contributed by atoms with Gasteiger partial charge in [-0.2, -0.15) is 5.10 Å². The topological polar surface area (TPSA) is 81.2 Å². The second-order valence-corrected chi connectivity index (χ2v) is 6.15. The Morgan fingerprint density at radius 2 is 2.00 bits per heavy atom. The lowest BCUT2D eigenvalue weighted by molar-refractivity contribution is -0.131. The van der Waals surface area contributed by atoms with Crippen molar-refractivity contribution in [2.24, 2.45) is 0 Å². The molecule has 1 aliphatic rings. The van der Waals surface area contributed by atoms with E-state index in [-0.39, 0.29) is 11.7 Å². The summed E-state index contributed by atoms with van der Waals surface area (Å²) >= 11 is 0. The Balaban J connectivity index is 1.89. The smallest absolute Gasteiger partial charge is 0.222 e. The van der Waals surface area contributed by atoms with E-state index in [4.69, 9.17) is 5.73 Å². The molecule has 6 nitrogen and oxygen atoms in total. The first-order valence-corrected chi connectivity index (χ1v) is 8.27. The number of anilines is 1. The molecule has 0 radical (unpaired) electrons. The highest BCUT2D eigenvalue weighted by Crippen LogP contribution is 2.25. The van der Waals surface area contributed by atoms with E-state index in [1.807, 2.05) is 38.1 Å². The Labute approximate surface area is 141 Å². The van der Waals surface area contributed by atoms with Gasteiger partial charge < -0.3 is 10.6 Å². The van der Waals surface area contributed by atoms with Crippen LogP contribution in [0.15, 0.2) is 30.5 Å². The summed E-state index contributed by atoms with van der Waals surface area (Å²) in [6.45, 7) is 4.45. The average Bonchev–Trinajstić information content (AvgIpc) is 3.21. The molecule has 24 heavy (non-hydrogen) atoms. The number of benzene rings is 1. The van der Waals surface area contributed by atoms with E-state index < -0.39 is 6.04 Å². The summed E-state index contributed by atoms with van der Waals surface area (Å²) in [6.07, 6.45) is 3.43. The van der Waals surface area contributed by atoms with Crippen molar-refractivity contribution in [1.82, 2.24) is 14.7 Å². The second kappa shape index (κ2) is 6.47. The van der Waals surface area contributed by atoms with Crippen LogP contribution in [-0.2, 0) is 4.79 Å². The highest BCUT2D eigenvalue weighted by Gasteiger charge is 2.35. The molecule has 1 saturated heterocycles. The van der Waals surface area contributed by atoms with Crippen LogP contribution in [0, 0.1) is 6.92 Å². The fraction of sp³-hybridized carbons (Fsp3) is 0.389. The zero-order valence-electron chi connectivity index (χ0n) is 14.0. The minimum absolute atomic E-state index is 0.00958. The maximum Gasteiger partial charge on any atom is 0.222 e. The van der Waals surface area contributed by atoms with E-state index in [1.54, 1.807) is 9.58 Å². The number of ketones is 1. The number of carbonyl (C=O) groups is 2. The van der Waals surface area contributed by atoms with Crippen LogP contribution in [0.3, 0.4) is 0 Å². The number of rotatable bonds is 4. The Bertz CT molecular complexity index is 764. The van der Waals surface area contributed by atoms with Crippen molar-refractivity contribution in [1.29, 1.82) is 0 Å². The van der Waals surface area contributed by atoms with E-state index in [2.05, 4.69) is 5.10 Å². The van der Waals surface area contributed by atoms with Crippen LogP contribution in [0.2, 0.25) is 0 Å². The molecule has 2 N–H and O–H groups in total. The van der Waals surface area contributed by atoms with Crippen LogP contribution in [0.25, 0.3) is 5.69 Å². The second-order valence-electron chi connectivity index (χ2n) is 6.15. The van der Waals surface area contributed by atoms with Gasteiger partial charge in [0.15, 0.2) is 5.78 Å². The molecule has 0 aliphatic carbocycles. The molecule has 6 heteroatoms. The molecule has 2 heterocycles. The van der Waals surface area contributed by atoms with E-state index in [9.17, 15) is 9.59 Å². The van der Waals surface area contributed by atoms with E-state index >= 15 is 0 Å². The van der Waals surface area contributed by atoms with Crippen molar-refractivity contribution < 1.29 is 9.59 Å². The Kier molecular flexibility index (Phi) is 4.38. The molecule has 0 spiro atoms. The van der Waals surface area contributed by atoms with Gasteiger partial charge in [0.25, 0.3) is 0 Å². The predicted molar refractivity (Wildman–Crippen MR) is 92.1 cm³/mol. The van der Waals surface area contributed by atoms with Crippen molar-refractivity contribution in [3.8, 4) is 5.69 Å². The van der Waals surface area contributed by atoms with Crippen LogP contribution < -0.4 is 5.73 Å². The number of aryl methyl sites for hydroxylation is 1. The molecule has 1 amide bonds. The first-order valence-electron chi connectivity index (χ1n) is 8.27. The van der Waals surface area contributed by atoms with Crippen molar-refractivity contribution in [3.05, 3.63) is 41.6 Å². The van der Waals surface area contributed by atoms with Crippen molar-refractivity contribution in [2.75, 3.05) is 12.3 Å². The number of nitrogens with zero attached hydrogens (tertiary/aromatic N) is 3. The number of Topliss-reactive ketones (excluding diaryl/α,β-unsaturated/α-hetero) is 1. The van der Waals surface area contributed by atoms with E-state index in [0.29, 0.717) is 30.8 Å².